The van der Waals surface area contributed by atoms with E-state index < -0.39 is 43.5 Å². The Labute approximate surface area is 241 Å². The smallest absolute Gasteiger partial charge is 0.361 e. The third kappa shape index (κ3) is 6.65. The van der Waals surface area contributed by atoms with E-state index in [2.05, 4.69) is 5.32 Å². The lowest BCUT2D eigenvalue weighted by Gasteiger charge is -2.24. The van der Waals surface area contributed by atoms with E-state index in [1.165, 1.54) is 12.1 Å². The molecule has 13 heteroatoms. The number of nitrogens with one attached hydrogen (secondary N) is 1. The summed E-state index contributed by atoms with van der Waals surface area (Å²) < 4.78 is 54.7. The van der Waals surface area contributed by atoms with Gasteiger partial charge in [-0.1, -0.05) is 29.8 Å². The molecule has 4 rings (SSSR count). The van der Waals surface area contributed by atoms with Gasteiger partial charge in [0.05, 0.1) is 36.2 Å². The molecule has 3 aromatic rings. The molecule has 1 aliphatic heterocycles. The van der Waals surface area contributed by atoms with Crippen LogP contribution in [0.15, 0.2) is 42.6 Å². The number of benzene rings is 2. The van der Waals surface area contributed by atoms with Crippen LogP contribution >= 0.6 is 19.2 Å². The summed E-state index contributed by atoms with van der Waals surface area (Å²) in [6.07, 6.45) is -0.889. The van der Waals surface area contributed by atoms with Crippen molar-refractivity contribution >= 4 is 47.2 Å². The van der Waals surface area contributed by atoms with E-state index in [0.29, 0.717) is 16.5 Å². The number of nitrogens with zero attached hydrogens (tertiary/aromatic N) is 2. The first-order valence-corrected chi connectivity index (χ1v) is 15.3. The van der Waals surface area contributed by atoms with Gasteiger partial charge in [-0.2, -0.15) is 0 Å². The van der Waals surface area contributed by atoms with E-state index >= 15 is 0 Å². The van der Waals surface area contributed by atoms with Crippen molar-refractivity contribution in [1.29, 1.82) is 0 Å². The minimum Gasteiger partial charge on any atom is -0.389 e. The van der Waals surface area contributed by atoms with Crippen LogP contribution < -0.4 is 10.6 Å². The molecule has 1 saturated heterocycles. The first-order valence-electron chi connectivity index (χ1n) is 13.3. The quantitative estimate of drug-likeness (QED) is 0.306. The van der Waals surface area contributed by atoms with Crippen LogP contribution in [0.25, 0.3) is 10.9 Å². The molecule has 2 N–H and O–H groups in total. The summed E-state index contributed by atoms with van der Waals surface area (Å²) in [7, 11) is -3.64. The van der Waals surface area contributed by atoms with Crippen LogP contribution in [-0.4, -0.2) is 58.4 Å². The zero-order chi connectivity index (χ0) is 29.9. The number of amides is 2. The van der Waals surface area contributed by atoms with E-state index in [1.807, 2.05) is 0 Å². The molecular weight excluding hydrogens is 579 g/mol. The molecule has 0 aliphatic carbocycles. The highest BCUT2D eigenvalue weighted by Gasteiger charge is 2.40. The number of fused-ring (bicyclic) bond motifs is 1. The number of alkyl halides is 1. The summed E-state index contributed by atoms with van der Waals surface area (Å²) in [5, 5.41) is 13.8. The number of hydrogen-bond acceptors (Lipinski definition) is 6. The van der Waals surface area contributed by atoms with E-state index in [-0.39, 0.29) is 55.2 Å². The van der Waals surface area contributed by atoms with Gasteiger partial charge in [-0.15, -0.1) is 0 Å². The van der Waals surface area contributed by atoms with Gasteiger partial charge >= 0.3 is 7.60 Å². The zero-order valence-corrected chi connectivity index (χ0v) is 24.6. The highest BCUT2D eigenvalue weighted by atomic mass is 35.5. The molecule has 41 heavy (non-hydrogen) atoms. The second kappa shape index (κ2) is 13.0. The summed E-state index contributed by atoms with van der Waals surface area (Å²) >= 11 is 5.81. The van der Waals surface area contributed by atoms with Crippen molar-refractivity contribution < 1.29 is 37.1 Å². The lowest BCUT2D eigenvalue weighted by atomic mass is 10.1. The number of rotatable bonds is 11. The number of halogens is 3. The minimum absolute atomic E-state index is 0.0872. The van der Waals surface area contributed by atoms with Crippen molar-refractivity contribution in [2.75, 3.05) is 19.8 Å². The van der Waals surface area contributed by atoms with Gasteiger partial charge in [-0.25, -0.2) is 8.78 Å². The van der Waals surface area contributed by atoms with Crippen molar-refractivity contribution in [2.45, 2.75) is 58.6 Å². The molecule has 0 radical (unpaired) electrons. The van der Waals surface area contributed by atoms with Gasteiger partial charge in [0.15, 0.2) is 0 Å². The molecule has 2 aromatic carbocycles. The SMILES string of the molecule is CCOP(=O)(OCC)c1ccc2c(C(C)O)cn(CC(=O)N3C[C@H](F)C[C@H]3C(=O)NCc3cccc(Cl)c3F)c2c1. The van der Waals surface area contributed by atoms with Gasteiger partial charge in [0.2, 0.25) is 11.8 Å². The summed E-state index contributed by atoms with van der Waals surface area (Å²) in [6, 6.07) is 8.18. The predicted molar refractivity (Wildman–Crippen MR) is 151 cm³/mol. The zero-order valence-electron chi connectivity index (χ0n) is 23.0. The number of likely N-dealkylation sites (tertiary alicyclic amines) is 1. The molecule has 2 amide bonds. The fourth-order valence-corrected chi connectivity index (χ4v) is 6.78. The van der Waals surface area contributed by atoms with Gasteiger partial charge in [-0.3, -0.25) is 14.2 Å². The normalized spacial score (nSPS) is 18.2. The molecule has 222 valence electrons. The molecular formula is C28H33ClF2N3O6P. The lowest BCUT2D eigenvalue weighted by molar-refractivity contribution is -0.139. The Balaban J connectivity index is 1.59. The third-order valence-electron chi connectivity index (χ3n) is 6.92. The molecule has 1 aliphatic rings. The monoisotopic (exact) mass is 611 g/mol. The third-order valence-corrected chi connectivity index (χ3v) is 9.32. The van der Waals surface area contributed by atoms with Gasteiger partial charge in [-0.05, 0) is 39.0 Å². The molecule has 0 saturated carbocycles. The molecule has 2 heterocycles. The second-order valence-corrected chi connectivity index (χ2v) is 12.2. The number of hydrogen-bond donors (Lipinski definition) is 2. The molecule has 1 fully saturated rings. The van der Waals surface area contributed by atoms with Crippen LogP contribution in [0.2, 0.25) is 5.02 Å². The van der Waals surface area contributed by atoms with Gasteiger partial charge in [0.25, 0.3) is 0 Å². The Morgan fingerprint density at radius 2 is 1.93 bits per heavy atom. The highest BCUT2D eigenvalue weighted by Crippen LogP contribution is 2.47. The van der Waals surface area contributed by atoms with Crippen molar-refractivity contribution in [3.05, 3.63) is 64.6 Å². The van der Waals surface area contributed by atoms with E-state index in [0.717, 1.165) is 4.90 Å². The maximum Gasteiger partial charge on any atom is 0.361 e. The Morgan fingerprint density at radius 1 is 1.22 bits per heavy atom. The van der Waals surface area contributed by atoms with Crippen LogP contribution in [-0.2, 0) is 36.3 Å². The van der Waals surface area contributed by atoms with Gasteiger partial charge in [0, 0.05) is 41.2 Å². The molecule has 1 unspecified atom stereocenters. The topological polar surface area (TPSA) is 110 Å². The van der Waals surface area contributed by atoms with Crippen LogP contribution in [0.3, 0.4) is 0 Å². The standard InChI is InChI=1S/C28H33ClF2N3O6P/c1-4-39-41(38,40-5-2)20-9-10-21-22(17(3)35)15-33(24(21)12-20)16-26(36)34-14-19(30)11-25(34)28(37)32-13-18-7-6-8-23(29)27(18)31/h6-10,12,15,17,19,25,35H,4-5,11,13-14,16H2,1-3H3,(H,32,37)/t17?,19-,25+/m1/s1. The Hall–Kier alpha value is -2.82. The fraction of sp³-hybridized carbons (Fsp3) is 0.429. The minimum atomic E-state index is -3.64. The predicted octanol–water partition coefficient (Wildman–Crippen LogP) is 4.63. The number of carbonyl (C=O) groups is 2. The first-order chi connectivity index (χ1) is 19.5. The molecule has 1 aromatic heterocycles. The van der Waals surface area contributed by atoms with Crippen LogP contribution in [0.4, 0.5) is 8.78 Å². The van der Waals surface area contributed by atoms with Crippen molar-refractivity contribution in [1.82, 2.24) is 14.8 Å². The maximum absolute atomic E-state index is 14.5. The van der Waals surface area contributed by atoms with Crippen LogP contribution in [0.5, 0.6) is 0 Å². The summed E-state index contributed by atoms with van der Waals surface area (Å²) in [6.45, 7) is 4.55. The molecule has 0 spiro atoms. The molecule has 3 atom stereocenters. The van der Waals surface area contributed by atoms with E-state index in [9.17, 15) is 28.0 Å². The van der Waals surface area contributed by atoms with Crippen molar-refractivity contribution in [3.63, 3.8) is 0 Å². The maximum atomic E-state index is 14.5. The Bertz CT molecular complexity index is 1470. The lowest BCUT2D eigenvalue weighted by Crippen LogP contribution is -2.46. The molecule has 9 nitrogen and oxygen atoms in total. The summed E-state index contributed by atoms with van der Waals surface area (Å²) in [5.41, 5.74) is 1.18. The van der Waals surface area contributed by atoms with Crippen LogP contribution in [0, 0.1) is 5.82 Å². The van der Waals surface area contributed by atoms with E-state index in [4.69, 9.17) is 20.6 Å². The van der Waals surface area contributed by atoms with Gasteiger partial charge < -0.3 is 28.9 Å². The van der Waals surface area contributed by atoms with Crippen molar-refractivity contribution in [2.24, 2.45) is 0 Å². The van der Waals surface area contributed by atoms with E-state index in [1.54, 1.807) is 55.8 Å². The first kappa shape index (κ1) is 31.1. The van der Waals surface area contributed by atoms with Gasteiger partial charge in [0.1, 0.15) is 24.6 Å². The number of aromatic nitrogens is 1. The van der Waals surface area contributed by atoms with Crippen LogP contribution in [0.1, 0.15) is 44.4 Å². The Kier molecular flexibility index (Phi) is 9.87. The summed E-state index contributed by atoms with van der Waals surface area (Å²) in [4.78, 5) is 27.6. The number of aliphatic hydroxyl groups is 1. The Morgan fingerprint density at radius 3 is 2.59 bits per heavy atom. The largest absolute Gasteiger partial charge is 0.389 e. The molecule has 0 bridgehead atoms. The second-order valence-electron chi connectivity index (χ2n) is 9.75. The number of carbonyl (C=O) groups excluding carboxylic acids is 2. The average Bonchev–Trinajstić information content (AvgIpc) is 3.50. The average molecular weight is 612 g/mol. The van der Waals surface area contributed by atoms with Crippen molar-refractivity contribution in [3.8, 4) is 0 Å². The summed E-state index contributed by atoms with van der Waals surface area (Å²) in [5.74, 6) is -1.81. The number of aliphatic hydroxyl groups excluding tert-OH is 1. The highest BCUT2D eigenvalue weighted by molar-refractivity contribution is 7.62. The fourth-order valence-electron chi connectivity index (χ4n) is 5.00.